The molecule has 0 aromatic carbocycles. The molecule has 0 saturated heterocycles. The number of unbranched alkanes of at least 4 members (excludes halogenated alkanes) is 19. The molecule has 35 heavy (non-hydrogen) atoms. The second-order valence-electron chi connectivity index (χ2n) is 10.4. The van der Waals surface area contributed by atoms with Gasteiger partial charge < -0.3 is 14.6 Å². The van der Waals surface area contributed by atoms with Crippen molar-refractivity contribution in [2.45, 2.75) is 174 Å². The standard InChI is InChI=1S/C32H64O3/c1-3-5-7-9-18-22-26-30-34-32(35-31-27-23-19-10-8-6-4-2)28-24-20-16-14-12-11-13-15-17-21-25-29-33/h17,21,32-33H,3-16,18-20,22-31H2,1-2H3/b21-17-. The highest BCUT2D eigenvalue weighted by atomic mass is 16.7. The maximum atomic E-state index is 8.77. The topological polar surface area (TPSA) is 38.7 Å². The van der Waals surface area contributed by atoms with Gasteiger partial charge in [-0.25, -0.2) is 0 Å². The van der Waals surface area contributed by atoms with E-state index in [2.05, 4.69) is 26.0 Å². The van der Waals surface area contributed by atoms with E-state index in [-0.39, 0.29) is 12.9 Å². The van der Waals surface area contributed by atoms with Crippen LogP contribution in [0, 0.1) is 0 Å². The van der Waals surface area contributed by atoms with E-state index < -0.39 is 0 Å². The van der Waals surface area contributed by atoms with Gasteiger partial charge in [0, 0.05) is 19.8 Å². The van der Waals surface area contributed by atoms with E-state index in [1.807, 2.05) is 0 Å². The van der Waals surface area contributed by atoms with Gasteiger partial charge >= 0.3 is 0 Å². The molecule has 0 saturated carbocycles. The predicted molar refractivity (Wildman–Crippen MR) is 154 cm³/mol. The van der Waals surface area contributed by atoms with E-state index in [0.29, 0.717) is 0 Å². The van der Waals surface area contributed by atoms with Crippen LogP contribution < -0.4 is 0 Å². The molecular formula is C32H64O3. The van der Waals surface area contributed by atoms with Gasteiger partial charge in [-0.2, -0.15) is 0 Å². The summed E-state index contributed by atoms with van der Waals surface area (Å²) in [5.74, 6) is 0. The fourth-order valence-corrected chi connectivity index (χ4v) is 4.53. The van der Waals surface area contributed by atoms with Crippen molar-refractivity contribution in [1.82, 2.24) is 0 Å². The van der Waals surface area contributed by atoms with Gasteiger partial charge in [-0.1, -0.05) is 135 Å². The number of hydrogen-bond donors (Lipinski definition) is 1. The number of allylic oxidation sites excluding steroid dienone is 1. The lowest BCUT2D eigenvalue weighted by Crippen LogP contribution is -2.19. The summed E-state index contributed by atoms with van der Waals surface area (Å²) in [7, 11) is 0. The van der Waals surface area contributed by atoms with Crippen LogP contribution in [0.25, 0.3) is 0 Å². The molecule has 0 heterocycles. The fraction of sp³-hybridized carbons (Fsp3) is 0.938. The Hall–Kier alpha value is -0.380. The highest BCUT2D eigenvalue weighted by molar-refractivity contribution is 4.80. The van der Waals surface area contributed by atoms with Crippen molar-refractivity contribution >= 4 is 0 Å². The highest BCUT2D eigenvalue weighted by Gasteiger charge is 2.09. The van der Waals surface area contributed by atoms with Gasteiger partial charge in [0.2, 0.25) is 0 Å². The van der Waals surface area contributed by atoms with Crippen molar-refractivity contribution in [2.24, 2.45) is 0 Å². The normalized spacial score (nSPS) is 11.9. The monoisotopic (exact) mass is 496 g/mol. The minimum atomic E-state index is 0.0147. The van der Waals surface area contributed by atoms with Crippen LogP contribution in [0.3, 0.4) is 0 Å². The van der Waals surface area contributed by atoms with Gasteiger partial charge in [0.15, 0.2) is 6.29 Å². The molecule has 0 fully saturated rings. The van der Waals surface area contributed by atoms with Crippen LogP contribution in [0.1, 0.15) is 168 Å². The molecule has 0 rings (SSSR count). The Kier molecular flexibility index (Phi) is 31.3. The third-order valence-corrected chi connectivity index (χ3v) is 6.88. The first-order chi connectivity index (χ1) is 17.3. The molecule has 1 N–H and O–H groups in total. The molecule has 0 aliphatic heterocycles. The zero-order valence-corrected chi connectivity index (χ0v) is 24.1. The maximum absolute atomic E-state index is 8.77. The number of aliphatic hydroxyl groups excluding tert-OH is 1. The summed E-state index contributed by atoms with van der Waals surface area (Å²) >= 11 is 0. The second kappa shape index (κ2) is 31.6. The molecule has 0 aromatic rings. The third-order valence-electron chi connectivity index (χ3n) is 6.88. The number of hydrogen-bond acceptors (Lipinski definition) is 3. The lowest BCUT2D eigenvalue weighted by atomic mass is 10.1. The Morgan fingerprint density at radius 3 is 1.37 bits per heavy atom. The van der Waals surface area contributed by atoms with Crippen LogP contribution in [-0.4, -0.2) is 31.2 Å². The van der Waals surface area contributed by atoms with Crippen molar-refractivity contribution in [3.63, 3.8) is 0 Å². The lowest BCUT2D eigenvalue weighted by molar-refractivity contribution is -0.148. The first-order valence-corrected chi connectivity index (χ1v) is 15.8. The van der Waals surface area contributed by atoms with E-state index in [1.165, 1.54) is 135 Å². The minimum Gasteiger partial charge on any atom is -0.396 e. The Balaban J connectivity index is 3.85. The molecule has 0 bridgehead atoms. The molecule has 0 aromatic heterocycles. The molecule has 0 radical (unpaired) electrons. The van der Waals surface area contributed by atoms with Gasteiger partial charge in [0.1, 0.15) is 0 Å². The third kappa shape index (κ3) is 29.7. The Morgan fingerprint density at radius 1 is 0.486 bits per heavy atom. The number of aliphatic hydroxyl groups is 1. The van der Waals surface area contributed by atoms with Crippen LogP contribution in [0.2, 0.25) is 0 Å². The van der Waals surface area contributed by atoms with Gasteiger partial charge in [-0.15, -0.1) is 0 Å². The Morgan fingerprint density at radius 2 is 0.886 bits per heavy atom. The molecule has 3 heteroatoms. The first-order valence-electron chi connectivity index (χ1n) is 15.8. The highest BCUT2D eigenvalue weighted by Crippen LogP contribution is 2.15. The Labute approximate surface area is 220 Å². The van der Waals surface area contributed by atoms with E-state index in [9.17, 15) is 0 Å². The zero-order chi connectivity index (χ0) is 25.5. The summed E-state index contributed by atoms with van der Waals surface area (Å²) in [5.41, 5.74) is 0. The quantitative estimate of drug-likeness (QED) is 0.0610. The van der Waals surface area contributed by atoms with Crippen molar-refractivity contribution < 1.29 is 14.6 Å². The largest absolute Gasteiger partial charge is 0.396 e. The van der Waals surface area contributed by atoms with Crippen molar-refractivity contribution in [3.8, 4) is 0 Å². The summed E-state index contributed by atoms with van der Waals surface area (Å²) < 4.78 is 12.4. The van der Waals surface area contributed by atoms with Crippen LogP contribution in [0.4, 0.5) is 0 Å². The van der Waals surface area contributed by atoms with E-state index in [1.54, 1.807) is 0 Å². The molecule has 3 nitrogen and oxygen atoms in total. The number of rotatable bonds is 30. The minimum absolute atomic E-state index is 0.0147. The second-order valence-corrected chi connectivity index (χ2v) is 10.4. The first kappa shape index (κ1) is 34.6. The molecule has 0 aliphatic rings. The smallest absolute Gasteiger partial charge is 0.157 e. The summed E-state index contributed by atoms with van der Waals surface area (Å²) in [4.78, 5) is 0. The van der Waals surface area contributed by atoms with Crippen molar-refractivity contribution in [1.29, 1.82) is 0 Å². The predicted octanol–water partition coefficient (Wildman–Crippen LogP) is 10.3. The molecule has 0 spiro atoms. The lowest BCUT2D eigenvalue weighted by Gasteiger charge is -2.19. The molecular weight excluding hydrogens is 432 g/mol. The summed E-state index contributed by atoms with van der Waals surface area (Å²) in [6.45, 7) is 6.56. The summed E-state index contributed by atoms with van der Waals surface area (Å²) in [5, 5.41) is 8.77. The van der Waals surface area contributed by atoms with Gasteiger partial charge in [0.25, 0.3) is 0 Å². The van der Waals surface area contributed by atoms with Crippen LogP contribution >= 0.6 is 0 Å². The van der Waals surface area contributed by atoms with Crippen LogP contribution in [0.15, 0.2) is 12.2 Å². The molecule has 0 unspecified atom stereocenters. The summed E-state index contributed by atoms with van der Waals surface area (Å²) in [6.07, 6.45) is 35.1. The molecule has 0 amide bonds. The van der Waals surface area contributed by atoms with Gasteiger partial charge in [-0.3, -0.25) is 0 Å². The van der Waals surface area contributed by atoms with Crippen LogP contribution in [-0.2, 0) is 9.47 Å². The average Bonchev–Trinajstić information content (AvgIpc) is 2.87. The number of ether oxygens (including phenoxy) is 2. The zero-order valence-electron chi connectivity index (χ0n) is 24.1. The maximum Gasteiger partial charge on any atom is 0.157 e. The van der Waals surface area contributed by atoms with Crippen LogP contribution in [0.5, 0.6) is 0 Å². The molecule has 0 aliphatic carbocycles. The van der Waals surface area contributed by atoms with Gasteiger partial charge in [-0.05, 0) is 44.9 Å². The van der Waals surface area contributed by atoms with Gasteiger partial charge in [0.05, 0.1) is 0 Å². The van der Waals surface area contributed by atoms with E-state index in [0.717, 1.165) is 32.5 Å². The fourth-order valence-electron chi connectivity index (χ4n) is 4.53. The van der Waals surface area contributed by atoms with E-state index >= 15 is 0 Å². The van der Waals surface area contributed by atoms with Crippen molar-refractivity contribution in [2.75, 3.05) is 19.8 Å². The van der Waals surface area contributed by atoms with Crippen molar-refractivity contribution in [3.05, 3.63) is 12.2 Å². The van der Waals surface area contributed by atoms with E-state index in [4.69, 9.17) is 14.6 Å². The summed E-state index contributed by atoms with van der Waals surface area (Å²) in [6, 6.07) is 0. The SMILES string of the molecule is CCCCCCCCCOC(CCCCCCCCC/C=C\CCO)OCCCCCCCCC. The Bertz CT molecular complexity index is 376. The average molecular weight is 497 g/mol. The molecule has 210 valence electrons. The molecule has 0 atom stereocenters.